The Morgan fingerprint density at radius 3 is 2.67 bits per heavy atom. The van der Waals surface area contributed by atoms with E-state index < -0.39 is 10.0 Å². The van der Waals surface area contributed by atoms with Crippen LogP contribution in [-0.4, -0.2) is 39.0 Å². The van der Waals surface area contributed by atoms with E-state index in [1.54, 1.807) is 28.6 Å². The fourth-order valence-electron chi connectivity index (χ4n) is 3.25. The molecule has 6 heteroatoms. The second-order valence-electron chi connectivity index (χ2n) is 6.12. The van der Waals surface area contributed by atoms with Gasteiger partial charge in [-0.3, -0.25) is 0 Å². The van der Waals surface area contributed by atoms with Crippen LogP contribution in [0.2, 0.25) is 5.02 Å². The average molecular weight is 330 g/mol. The largest absolute Gasteiger partial charge is 0.381 e. The van der Waals surface area contributed by atoms with Crippen LogP contribution >= 0.6 is 11.6 Å². The minimum absolute atomic E-state index is 0.0428. The number of nitrogens with zero attached hydrogens (tertiary/aromatic N) is 1. The monoisotopic (exact) mass is 329 g/mol. The third-order valence-corrected chi connectivity index (χ3v) is 6.52. The highest BCUT2D eigenvalue weighted by molar-refractivity contribution is 7.88. The van der Waals surface area contributed by atoms with E-state index >= 15 is 0 Å². The van der Waals surface area contributed by atoms with Gasteiger partial charge in [-0.05, 0) is 37.0 Å². The molecular weight excluding hydrogens is 310 g/mol. The highest BCUT2D eigenvalue weighted by Gasteiger charge is 2.42. The zero-order valence-corrected chi connectivity index (χ0v) is 13.5. The molecule has 0 bridgehead atoms. The van der Waals surface area contributed by atoms with Crippen LogP contribution < -0.4 is 0 Å². The standard InChI is InChI=1S/C15H20ClNO3S/c16-14-4-2-13(3-5-14)10-21(18,19)17-8-1-6-15(11-17)7-9-20-12-15/h2-5H,1,6-12H2. The molecule has 1 unspecified atom stereocenters. The first-order valence-corrected chi connectivity index (χ1v) is 9.28. The van der Waals surface area contributed by atoms with Crippen molar-refractivity contribution in [1.29, 1.82) is 0 Å². The highest BCUT2D eigenvalue weighted by atomic mass is 35.5. The summed E-state index contributed by atoms with van der Waals surface area (Å²) >= 11 is 5.84. The lowest BCUT2D eigenvalue weighted by atomic mass is 9.80. The van der Waals surface area contributed by atoms with E-state index in [4.69, 9.17) is 16.3 Å². The fourth-order valence-corrected chi connectivity index (χ4v) is 5.05. The Hall–Kier alpha value is -0.620. The maximum Gasteiger partial charge on any atom is 0.218 e. The van der Waals surface area contributed by atoms with Crippen molar-refractivity contribution < 1.29 is 13.2 Å². The molecule has 0 amide bonds. The van der Waals surface area contributed by atoms with Gasteiger partial charge in [0.15, 0.2) is 0 Å². The summed E-state index contributed by atoms with van der Waals surface area (Å²) in [5, 5.41) is 0.621. The predicted octanol–water partition coefficient (Wildman–Crippen LogP) is 2.67. The molecule has 2 heterocycles. The Kier molecular flexibility index (Phi) is 4.28. The maximum atomic E-state index is 12.6. The Labute approximate surface area is 131 Å². The van der Waals surface area contributed by atoms with Gasteiger partial charge in [0.1, 0.15) is 0 Å². The van der Waals surface area contributed by atoms with Gasteiger partial charge in [0.25, 0.3) is 0 Å². The number of hydrogen-bond donors (Lipinski definition) is 0. The van der Waals surface area contributed by atoms with Crippen LogP contribution in [0.5, 0.6) is 0 Å². The van der Waals surface area contributed by atoms with Crippen molar-refractivity contribution in [2.75, 3.05) is 26.3 Å². The molecule has 2 aliphatic rings. The van der Waals surface area contributed by atoms with Crippen molar-refractivity contribution in [2.24, 2.45) is 5.41 Å². The molecule has 2 saturated heterocycles. The fraction of sp³-hybridized carbons (Fsp3) is 0.600. The van der Waals surface area contributed by atoms with E-state index in [2.05, 4.69) is 0 Å². The Bertz CT molecular complexity index is 594. The van der Waals surface area contributed by atoms with Crippen LogP contribution in [0.25, 0.3) is 0 Å². The minimum atomic E-state index is -3.28. The van der Waals surface area contributed by atoms with Crippen LogP contribution in [0.3, 0.4) is 0 Å². The van der Waals surface area contributed by atoms with Gasteiger partial charge in [0, 0.05) is 30.1 Å². The van der Waals surface area contributed by atoms with Gasteiger partial charge in [-0.1, -0.05) is 23.7 Å². The van der Waals surface area contributed by atoms with Gasteiger partial charge >= 0.3 is 0 Å². The Morgan fingerprint density at radius 2 is 2.00 bits per heavy atom. The molecule has 4 nitrogen and oxygen atoms in total. The molecule has 21 heavy (non-hydrogen) atoms. The molecule has 1 aromatic carbocycles. The number of benzene rings is 1. The third kappa shape index (κ3) is 3.42. The van der Waals surface area contributed by atoms with E-state index in [0.29, 0.717) is 24.7 Å². The number of sulfonamides is 1. The molecule has 116 valence electrons. The molecule has 0 saturated carbocycles. The Balaban J connectivity index is 1.73. The summed E-state index contributed by atoms with van der Waals surface area (Å²) in [6, 6.07) is 7.01. The first-order valence-electron chi connectivity index (χ1n) is 7.29. The number of rotatable bonds is 3. The molecule has 2 fully saturated rings. The normalized spacial score (nSPS) is 27.3. The quantitative estimate of drug-likeness (QED) is 0.856. The first-order chi connectivity index (χ1) is 9.99. The van der Waals surface area contributed by atoms with E-state index in [1.165, 1.54) is 0 Å². The van der Waals surface area contributed by atoms with Crippen LogP contribution in [0, 0.1) is 5.41 Å². The highest BCUT2D eigenvalue weighted by Crippen LogP contribution is 2.38. The summed E-state index contributed by atoms with van der Waals surface area (Å²) in [7, 11) is -3.28. The lowest BCUT2D eigenvalue weighted by Gasteiger charge is -2.38. The lowest BCUT2D eigenvalue weighted by molar-refractivity contribution is 0.105. The molecule has 0 aromatic heterocycles. The maximum absolute atomic E-state index is 12.6. The molecule has 2 aliphatic heterocycles. The summed E-state index contributed by atoms with van der Waals surface area (Å²) in [5.74, 6) is 0.0428. The molecule has 0 radical (unpaired) electrons. The van der Waals surface area contributed by atoms with Crippen LogP contribution in [-0.2, 0) is 20.5 Å². The number of ether oxygens (including phenoxy) is 1. The van der Waals surface area contributed by atoms with Gasteiger partial charge in [-0.2, -0.15) is 0 Å². The average Bonchev–Trinajstić information content (AvgIpc) is 2.89. The predicted molar refractivity (Wildman–Crippen MR) is 82.8 cm³/mol. The zero-order chi connectivity index (χ0) is 14.9. The van der Waals surface area contributed by atoms with Gasteiger partial charge in [-0.25, -0.2) is 12.7 Å². The number of piperidine rings is 1. The SMILES string of the molecule is O=S(=O)(Cc1ccc(Cl)cc1)N1CCCC2(CCOC2)C1. The summed E-state index contributed by atoms with van der Waals surface area (Å²) in [6.07, 6.45) is 2.96. The number of halogens is 1. The third-order valence-electron chi connectivity index (χ3n) is 4.47. The topological polar surface area (TPSA) is 46.6 Å². The van der Waals surface area contributed by atoms with E-state index in [-0.39, 0.29) is 11.2 Å². The van der Waals surface area contributed by atoms with E-state index in [1.807, 2.05) is 0 Å². The van der Waals surface area contributed by atoms with Gasteiger partial charge in [0.2, 0.25) is 10.0 Å². The molecule has 1 atom stereocenters. The number of hydrogen-bond acceptors (Lipinski definition) is 3. The summed E-state index contributed by atoms with van der Waals surface area (Å²) < 4.78 is 32.4. The molecular formula is C15H20ClNO3S. The molecule has 0 N–H and O–H groups in total. The molecule has 0 aliphatic carbocycles. The van der Waals surface area contributed by atoms with Crippen LogP contribution in [0.1, 0.15) is 24.8 Å². The van der Waals surface area contributed by atoms with Gasteiger partial charge in [-0.15, -0.1) is 0 Å². The summed E-state index contributed by atoms with van der Waals surface area (Å²) in [6.45, 7) is 2.67. The summed E-state index contributed by atoms with van der Waals surface area (Å²) in [4.78, 5) is 0. The molecule has 1 aromatic rings. The molecule has 1 spiro atoms. The second kappa shape index (κ2) is 5.88. The van der Waals surface area contributed by atoms with Gasteiger partial charge < -0.3 is 4.74 Å². The van der Waals surface area contributed by atoms with E-state index in [0.717, 1.165) is 31.4 Å². The minimum Gasteiger partial charge on any atom is -0.381 e. The van der Waals surface area contributed by atoms with Crippen molar-refractivity contribution in [3.63, 3.8) is 0 Å². The van der Waals surface area contributed by atoms with Crippen molar-refractivity contribution in [1.82, 2.24) is 4.31 Å². The van der Waals surface area contributed by atoms with Crippen molar-refractivity contribution in [2.45, 2.75) is 25.0 Å². The lowest BCUT2D eigenvalue weighted by Crippen LogP contribution is -2.46. The first kappa shape index (κ1) is 15.3. The van der Waals surface area contributed by atoms with E-state index in [9.17, 15) is 8.42 Å². The van der Waals surface area contributed by atoms with Crippen molar-refractivity contribution in [3.05, 3.63) is 34.9 Å². The van der Waals surface area contributed by atoms with Crippen LogP contribution in [0.4, 0.5) is 0 Å². The zero-order valence-electron chi connectivity index (χ0n) is 11.9. The van der Waals surface area contributed by atoms with Crippen molar-refractivity contribution >= 4 is 21.6 Å². The molecule has 3 rings (SSSR count). The Morgan fingerprint density at radius 1 is 1.24 bits per heavy atom. The second-order valence-corrected chi connectivity index (χ2v) is 8.53. The van der Waals surface area contributed by atoms with Crippen molar-refractivity contribution in [3.8, 4) is 0 Å². The van der Waals surface area contributed by atoms with Gasteiger partial charge in [0.05, 0.1) is 12.4 Å². The summed E-state index contributed by atoms with van der Waals surface area (Å²) in [5.41, 5.74) is 0.826. The van der Waals surface area contributed by atoms with Crippen LogP contribution in [0.15, 0.2) is 24.3 Å². The smallest absolute Gasteiger partial charge is 0.218 e.